The monoisotopic (exact) mass is 465 g/mol. The van der Waals surface area contributed by atoms with Gasteiger partial charge in [-0.15, -0.1) is 0 Å². The van der Waals surface area contributed by atoms with Crippen molar-refractivity contribution in [3.05, 3.63) is 91.3 Å². The molecule has 164 valence electrons. The van der Waals surface area contributed by atoms with Gasteiger partial charge < -0.3 is 5.73 Å². The van der Waals surface area contributed by atoms with Gasteiger partial charge in [0, 0.05) is 41.3 Å². The van der Waals surface area contributed by atoms with E-state index in [-0.39, 0.29) is 11.3 Å². The molecule has 0 radical (unpaired) electrons. The highest BCUT2D eigenvalue weighted by atomic mass is 32.2. The summed E-state index contributed by atoms with van der Waals surface area (Å²) in [6.45, 7) is 0. The normalized spacial score (nSPS) is 11.3. The van der Waals surface area contributed by atoms with Crippen LogP contribution in [0.4, 0.5) is 10.2 Å². The summed E-state index contributed by atoms with van der Waals surface area (Å²) in [5.41, 5.74) is 9.28. The summed E-state index contributed by atoms with van der Waals surface area (Å²) in [5, 5.41) is 1.77. The van der Waals surface area contributed by atoms with Crippen LogP contribution in [0.25, 0.3) is 38.9 Å². The molecule has 4 heterocycles. The van der Waals surface area contributed by atoms with Gasteiger partial charge in [0.25, 0.3) is 0 Å². The maximum atomic E-state index is 15.9. The molecule has 0 unspecified atom stereocenters. The number of aromatic nitrogens is 6. The van der Waals surface area contributed by atoms with Gasteiger partial charge in [0.05, 0.1) is 5.69 Å². The van der Waals surface area contributed by atoms with Gasteiger partial charge in [-0.05, 0) is 30.0 Å². The third-order valence-electron chi connectivity index (χ3n) is 5.40. The quantitative estimate of drug-likeness (QED) is 0.354. The highest BCUT2D eigenvalue weighted by molar-refractivity contribution is 7.99. The number of benzene rings is 2. The van der Waals surface area contributed by atoms with Crippen molar-refractivity contribution in [2.75, 3.05) is 5.73 Å². The van der Waals surface area contributed by atoms with Crippen molar-refractivity contribution in [3.63, 3.8) is 0 Å². The lowest BCUT2D eigenvalue weighted by Gasteiger charge is -2.08. The van der Waals surface area contributed by atoms with Crippen molar-refractivity contribution >= 4 is 34.0 Å². The second kappa shape index (κ2) is 8.20. The number of nitrogens with zero attached hydrogens (tertiary/aromatic N) is 6. The van der Waals surface area contributed by atoms with E-state index in [4.69, 9.17) is 10.7 Å². The van der Waals surface area contributed by atoms with E-state index >= 15 is 4.39 Å². The Balaban J connectivity index is 1.54. The van der Waals surface area contributed by atoms with E-state index in [1.54, 1.807) is 41.3 Å². The van der Waals surface area contributed by atoms with E-state index in [1.807, 2.05) is 48.5 Å². The van der Waals surface area contributed by atoms with Crippen LogP contribution in [0.15, 0.2) is 95.8 Å². The molecule has 0 atom stereocenters. The van der Waals surface area contributed by atoms with Crippen LogP contribution in [-0.2, 0) is 0 Å². The lowest BCUT2D eigenvalue weighted by molar-refractivity contribution is 0.640. The second-order valence-electron chi connectivity index (χ2n) is 7.47. The highest BCUT2D eigenvalue weighted by Gasteiger charge is 2.21. The van der Waals surface area contributed by atoms with E-state index in [0.717, 1.165) is 5.56 Å². The second-order valence-corrected chi connectivity index (χ2v) is 8.40. The number of rotatable bonds is 4. The fourth-order valence-corrected chi connectivity index (χ4v) is 4.60. The zero-order chi connectivity index (χ0) is 23.1. The standard InChI is InChI=1S/C25H16FN7S/c26-19-17(9-7-16-8-10-18(31-20(16)19)15-5-2-1-3-6-15)21-22-23(27)28-13-14-33(22)25(32-21)34-24-29-11-4-12-30-24/h1-14H,(H2,27,28). The molecule has 0 aliphatic heterocycles. The molecule has 0 aliphatic carbocycles. The molecule has 0 aliphatic rings. The molecule has 0 amide bonds. The number of fused-ring (bicyclic) bond motifs is 2. The zero-order valence-corrected chi connectivity index (χ0v) is 18.4. The highest BCUT2D eigenvalue weighted by Crippen LogP contribution is 2.36. The molecular weight excluding hydrogens is 449 g/mol. The Kier molecular flexibility index (Phi) is 4.88. The number of nitrogen functional groups attached to an aromatic ring is 1. The van der Waals surface area contributed by atoms with E-state index in [0.29, 0.717) is 38.2 Å². The third kappa shape index (κ3) is 3.43. The number of pyridine rings is 1. The average molecular weight is 466 g/mol. The Hall–Kier alpha value is -4.37. The fourth-order valence-electron chi connectivity index (χ4n) is 3.82. The molecule has 2 aromatic carbocycles. The van der Waals surface area contributed by atoms with Crippen LogP contribution in [0.1, 0.15) is 0 Å². The summed E-state index contributed by atoms with van der Waals surface area (Å²) in [5.74, 6) is -0.220. The lowest BCUT2D eigenvalue weighted by Crippen LogP contribution is -1.97. The lowest BCUT2D eigenvalue weighted by atomic mass is 10.0. The van der Waals surface area contributed by atoms with E-state index in [1.165, 1.54) is 11.8 Å². The first-order valence-corrected chi connectivity index (χ1v) is 11.2. The smallest absolute Gasteiger partial charge is 0.195 e. The maximum Gasteiger partial charge on any atom is 0.195 e. The Morgan fingerprint density at radius 2 is 1.62 bits per heavy atom. The molecule has 6 rings (SSSR count). The predicted octanol–water partition coefficient (Wildman–Crippen LogP) is 5.27. The molecule has 7 nitrogen and oxygen atoms in total. The average Bonchev–Trinajstić information content (AvgIpc) is 3.24. The Labute approximate surface area is 197 Å². The van der Waals surface area contributed by atoms with Crippen molar-refractivity contribution < 1.29 is 4.39 Å². The summed E-state index contributed by atoms with van der Waals surface area (Å²) < 4.78 is 17.7. The summed E-state index contributed by atoms with van der Waals surface area (Å²) >= 11 is 1.26. The first kappa shape index (κ1) is 20.3. The van der Waals surface area contributed by atoms with Gasteiger partial charge in [-0.3, -0.25) is 4.40 Å². The Morgan fingerprint density at radius 3 is 2.44 bits per heavy atom. The van der Waals surface area contributed by atoms with E-state index in [2.05, 4.69) is 19.9 Å². The maximum absolute atomic E-state index is 15.9. The van der Waals surface area contributed by atoms with Crippen LogP contribution in [-0.4, -0.2) is 29.3 Å². The largest absolute Gasteiger partial charge is 0.382 e. The third-order valence-corrected chi connectivity index (χ3v) is 6.26. The first-order chi connectivity index (χ1) is 16.7. The van der Waals surface area contributed by atoms with Crippen LogP contribution in [0.3, 0.4) is 0 Å². The van der Waals surface area contributed by atoms with Crippen LogP contribution < -0.4 is 5.73 Å². The molecule has 0 saturated carbocycles. The molecule has 0 spiro atoms. The molecule has 4 aromatic heterocycles. The summed E-state index contributed by atoms with van der Waals surface area (Å²) in [7, 11) is 0. The van der Waals surface area contributed by atoms with Gasteiger partial charge in [-0.1, -0.05) is 42.5 Å². The molecule has 0 saturated heterocycles. The minimum atomic E-state index is -0.467. The van der Waals surface area contributed by atoms with Crippen molar-refractivity contribution in [1.29, 1.82) is 0 Å². The number of hydrogen-bond acceptors (Lipinski definition) is 7. The number of nitrogens with two attached hydrogens (primary N) is 1. The number of hydrogen-bond donors (Lipinski definition) is 1. The Morgan fingerprint density at radius 1 is 0.824 bits per heavy atom. The van der Waals surface area contributed by atoms with Crippen molar-refractivity contribution in [1.82, 2.24) is 29.3 Å². The minimum Gasteiger partial charge on any atom is -0.382 e. The van der Waals surface area contributed by atoms with Crippen molar-refractivity contribution in [2.45, 2.75) is 10.3 Å². The van der Waals surface area contributed by atoms with Crippen LogP contribution >= 0.6 is 11.8 Å². The van der Waals surface area contributed by atoms with Crippen LogP contribution in [0, 0.1) is 5.82 Å². The topological polar surface area (TPSA) is 94.9 Å². The zero-order valence-electron chi connectivity index (χ0n) is 17.6. The summed E-state index contributed by atoms with van der Waals surface area (Å²) in [6.07, 6.45) is 6.62. The minimum absolute atomic E-state index is 0.247. The van der Waals surface area contributed by atoms with Gasteiger partial charge in [0.2, 0.25) is 0 Å². The molecular formula is C25H16FN7S. The van der Waals surface area contributed by atoms with Gasteiger partial charge >= 0.3 is 0 Å². The van der Waals surface area contributed by atoms with Crippen LogP contribution in [0.2, 0.25) is 0 Å². The van der Waals surface area contributed by atoms with E-state index in [9.17, 15) is 0 Å². The number of imidazole rings is 1. The first-order valence-electron chi connectivity index (χ1n) is 10.4. The van der Waals surface area contributed by atoms with Gasteiger partial charge in [-0.2, -0.15) is 0 Å². The van der Waals surface area contributed by atoms with Crippen LogP contribution in [0.5, 0.6) is 0 Å². The molecule has 0 bridgehead atoms. The van der Waals surface area contributed by atoms with Crippen molar-refractivity contribution in [2.24, 2.45) is 0 Å². The summed E-state index contributed by atoms with van der Waals surface area (Å²) in [4.78, 5) is 22.0. The SMILES string of the molecule is Nc1nccn2c(Sc3ncccn3)nc(-c3ccc4ccc(-c5ccccc5)nc4c3F)c12. The van der Waals surface area contributed by atoms with Gasteiger partial charge in [-0.25, -0.2) is 29.3 Å². The predicted molar refractivity (Wildman–Crippen MR) is 130 cm³/mol. The van der Waals surface area contributed by atoms with E-state index < -0.39 is 5.82 Å². The number of anilines is 1. The fraction of sp³-hybridized carbons (Fsp3) is 0. The molecule has 34 heavy (non-hydrogen) atoms. The summed E-state index contributed by atoms with van der Waals surface area (Å²) in [6, 6.07) is 18.7. The molecule has 6 aromatic rings. The Bertz CT molecular complexity index is 1650. The number of halogens is 1. The van der Waals surface area contributed by atoms with Crippen molar-refractivity contribution in [3.8, 4) is 22.5 Å². The van der Waals surface area contributed by atoms with Gasteiger partial charge in [0.15, 0.2) is 16.1 Å². The molecule has 2 N–H and O–H groups in total. The molecule has 9 heteroatoms. The van der Waals surface area contributed by atoms with Gasteiger partial charge in [0.1, 0.15) is 22.5 Å². The molecule has 0 fully saturated rings.